The van der Waals surface area contributed by atoms with Gasteiger partial charge in [-0.2, -0.15) is 0 Å². The van der Waals surface area contributed by atoms with Crippen LogP contribution in [0.15, 0.2) is 42.7 Å². The van der Waals surface area contributed by atoms with E-state index in [0.717, 1.165) is 0 Å². The first-order valence-electron chi connectivity index (χ1n) is 6.33. The van der Waals surface area contributed by atoms with Gasteiger partial charge in [0.1, 0.15) is 6.33 Å². The van der Waals surface area contributed by atoms with E-state index in [2.05, 4.69) is 9.97 Å². The maximum Gasteiger partial charge on any atom is 0.336 e. The summed E-state index contributed by atoms with van der Waals surface area (Å²) in [4.78, 5) is 32.5. The largest absolute Gasteiger partial charge is 0.478 e. The molecule has 1 aromatic heterocycles. The zero-order valence-corrected chi connectivity index (χ0v) is 10.7. The highest BCUT2D eigenvalue weighted by Gasteiger charge is 2.30. The van der Waals surface area contributed by atoms with E-state index < -0.39 is 5.97 Å². The molecule has 0 bridgehead atoms. The smallest absolute Gasteiger partial charge is 0.336 e. The number of hydrogen-bond donors (Lipinski definition) is 1. The molecule has 0 aliphatic heterocycles. The molecule has 1 aliphatic carbocycles. The fourth-order valence-corrected chi connectivity index (χ4v) is 2.79. The van der Waals surface area contributed by atoms with Crippen LogP contribution in [0.4, 0.5) is 0 Å². The Labute approximate surface area is 118 Å². The molecule has 0 unspecified atom stereocenters. The number of ketones is 1. The van der Waals surface area contributed by atoms with Crippen LogP contribution in [0.1, 0.15) is 26.3 Å². The Bertz CT molecular complexity index is 947. The van der Waals surface area contributed by atoms with Gasteiger partial charge in [0.2, 0.25) is 0 Å². The molecular weight excluding hydrogens is 268 g/mol. The van der Waals surface area contributed by atoms with E-state index in [9.17, 15) is 14.7 Å². The number of hydrogen-bond acceptors (Lipinski definition) is 4. The standard InChI is InChI=1S/C16H8N2O3/c19-15-9-4-2-1-3-8(9)14-13-11(17-7-18-14)6-5-10(12(13)15)16(20)21/h1-7H,(H,20,21). The van der Waals surface area contributed by atoms with Gasteiger partial charge in [-0.1, -0.05) is 24.3 Å². The maximum atomic E-state index is 12.7. The Kier molecular flexibility index (Phi) is 2.21. The summed E-state index contributed by atoms with van der Waals surface area (Å²) in [5, 5.41) is 9.86. The second-order valence-corrected chi connectivity index (χ2v) is 4.78. The van der Waals surface area contributed by atoms with Crippen LogP contribution in [0.5, 0.6) is 0 Å². The lowest BCUT2D eigenvalue weighted by molar-refractivity contribution is 0.0693. The van der Waals surface area contributed by atoms with E-state index in [4.69, 9.17) is 0 Å². The van der Waals surface area contributed by atoms with Crippen molar-refractivity contribution in [2.24, 2.45) is 0 Å². The summed E-state index contributed by atoms with van der Waals surface area (Å²) in [6, 6.07) is 10.1. The Balaban J connectivity index is 2.27. The quantitative estimate of drug-likeness (QED) is 0.578. The van der Waals surface area contributed by atoms with Crippen LogP contribution < -0.4 is 0 Å². The van der Waals surface area contributed by atoms with E-state index >= 15 is 0 Å². The molecule has 1 aliphatic rings. The number of fused-ring (bicyclic) bond motifs is 2. The van der Waals surface area contributed by atoms with Crippen molar-refractivity contribution < 1.29 is 14.7 Å². The number of rotatable bonds is 1. The van der Waals surface area contributed by atoms with Gasteiger partial charge in [0, 0.05) is 22.1 Å². The third kappa shape index (κ3) is 1.45. The van der Waals surface area contributed by atoms with Gasteiger partial charge in [0.15, 0.2) is 5.78 Å². The van der Waals surface area contributed by atoms with Gasteiger partial charge in [0.25, 0.3) is 0 Å². The lowest BCUT2D eigenvalue weighted by Crippen LogP contribution is -2.16. The molecule has 2 aromatic carbocycles. The van der Waals surface area contributed by atoms with Gasteiger partial charge < -0.3 is 5.11 Å². The normalized spacial score (nSPS) is 12.3. The molecule has 100 valence electrons. The molecule has 0 radical (unpaired) electrons. The minimum atomic E-state index is -1.13. The second-order valence-electron chi connectivity index (χ2n) is 4.78. The van der Waals surface area contributed by atoms with Crippen molar-refractivity contribution in [3.8, 4) is 11.3 Å². The Morgan fingerprint density at radius 2 is 1.76 bits per heavy atom. The summed E-state index contributed by atoms with van der Waals surface area (Å²) in [6.07, 6.45) is 1.43. The predicted molar refractivity (Wildman–Crippen MR) is 75.4 cm³/mol. The fraction of sp³-hybridized carbons (Fsp3) is 0. The van der Waals surface area contributed by atoms with Gasteiger partial charge in [-0.25, -0.2) is 14.8 Å². The summed E-state index contributed by atoms with van der Waals surface area (Å²) >= 11 is 0. The highest BCUT2D eigenvalue weighted by Crippen LogP contribution is 2.38. The number of benzene rings is 2. The zero-order valence-electron chi connectivity index (χ0n) is 10.7. The molecule has 4 rings (SSSR count). The monoisotopic (exact) mass is 276 g/mol. The number of carboxylic acid groups (broad SMARTS) is 1. The molecule has 3 aromatic rings. The van der Waals surface area contributed by atoms with Crippen LogP contribution >= 0.6 is 0 Å². The number of carbonyl (C=O) groups is 2. The molecule has 1 heterocycles. The molecule has 21 heavy (non-hydrogen) atoms. The topological polar surface area (TPSA) is 80.2 Å². The first-order chi connectivity index (χ1) is 10.2. The summed E-state index contributed by atoms with van der Waals surface area (Å²) in [6.45, 7) is 0. The summed E-state index contributed by atoms with van der Waals surface area (Å²) < 4.78 is 0. The molecule has 0 amide bonds. The second kappa shape index (κ2) is 3.96. The number of carbonyl (C=O) groups excluding carboxylic acids is 1. The average molecular weight is 276 g/mol. The highest BCUT2D eigenvalue weighted by molar-refractivity contribution is 6.27. The van der Waals surface area contributed by atoms with Crippen molar-refractivity contribution in [2.45, 2.75) is 0 Å². The third-order valence-corrected chi connectivity index (χ3v) is 3.69. The predicted octanol–water partition coefficient (Wildman–Crippen LogP) is 2.54. The van der Waals surface area contributed by atoms with Crippen LogP contribution in [0.2, 0.25) is 0 Å². The van der Waals surface area contributed by atoms with Crippen molar-refractivity contribution in [1.82, 2.24) is 9.97 Å². The lowest BCUT2D eigenvalue weighted by atomic mass is 9.84. The van der Waals surface area contributed by atoms with Crippen molar-refractivity contribution >= 4 is 22.7 Å². The number of aromatic nitrogens is 2. The molecular formula is C16H8N2O3. The van der Waals surface area contributed by atoms with E-state index in [1.807, 2.05) is 12.1 Å². The molecule has 0 atom stereocenters. The molecule has 0 saturated heterocycles. The summed E-state index contributed by atoms with van der Waals surface area (Å²) in [7, 11) is 0. The first-order valence-corrected chi connectivity index (χ1v) is 6.33. The number of nitrogens with zero attached hydrogens (tertiary/aromatic N) is 2. The van der Waals surface area contributed by atoms with Gasteiger partial charge in [-0.15, -0.1) is 0 Å². The maximum absolute atomic E-state index is 12.7. The Hall–Kier alpha value is -3.08. The van der Waals surface area contributed by atoms with Crippen LogP contribution in [0.3, 0.4) is 0 Å². The van der Waals surface area contributed by atoms with Crippen LogP contribution in [-0.2, 0) is 0 Å². The molecule has 1 N–H and O–H groups in total. The van der Waals surface area contributed by atoms with Crippen LogP contribution in [0.25, 0.3) is 22.2 Å². The number of carboxylic acids is 1. The summed E-state index contributed by atoms with van der Waals surface area (Å²) in [5.41, 5.74) is 2.52. The lowest BCUT2D eigenvalue weighted by Gasteiger charge is -2.19. The van der Waals surface area contributed by atoms with E-state index in [0.29, 0.717) is 27.7 Å². The minimum absolute atomic E-state index is 0.0157. The molecule has 5 heteroatoms. The van der Waals surface area contributed by atoms with Crippen molar-refractivity contribution in [1.29, 1.82) is 0 Å². The van der Waals surface area contributed by atoms with Crippen molar-refractivity contribution in [3.05, 3.63) is 59.4 Å². The minimum Gasteiger partial charge on any atom is -0.478 e. The van der Waals surface area contributed by atoms with Crippen molar-refractivity contribution in [2.75, 3.05) is 0 Å². The zero-order chi connectivity index (χ0) is 14.6. The highest BCUT2D eigenvalue weighted by atomic mass is 16.4. The first kappa shape index (κ1) is 11.7. The van der Waals surface area contributed by atoms with E-state index in [1.54, 1.807) is 18.2 Å². The third-order valence-electron chi connectivity index (χ3n) is 3.69. The summed E-state index contributed by atoms with van der Waals surface area (Å²) in [5.74, 6) is -1.43. The molecule has 0 spiro atoms. The van der Waals surface area contributed by atoms with Crippen molar-refractivity contribution in [3.63, 3.8) is 0 Å². The fourth-order valence-electron chi connectivity index (χ4n) is 2.79. The van der Waals surface area contributed by atoms with E-state index in [-0.39, 0.29) is 16.9 Å². The molecule has 0 fully saturated rings. The SMILES string of the molecule is O=C(O)c1ccc2ncnc3c2c1C(=O)c1ccccc1-3. The molecule has 0 saturated carbocycles. The number of aromatic carboxylic acids is 1. The van der Waals surface area contributed by atoms with Crippen LogP contribution in [0, 0.1) is 0 Å². The van der Waals surface area contributed by atoms with Gasteiger partial charge in [0.05, 0.1) is 16.8 Å². The van der Waals surface area contributed by atoms with Gasteiger partial charge in [-0.05, 0) is 12.1 Å². The average Bonchev–Trinajstić information content (AvgIpc) is 2.51. The molecule has 5 nitrogen and oxygen atoms in total. The van der Waals surface area contributed by atoms with Gasteiger partial charge in [-0.3, -0.25) is 4.79 Å². The Morgan fingerprint density at radius 3 is 2.52 bits per heavy atom. The van der Waals surface area contributed by atoms with E-state index in [1.165, 1.54) is 12.4 Å². The Morgan fingerprint density at radius 1 is 1.00 bits per heavy atom. The van der Waals surface area contributed by atoms with Gasteiger partial charge >= 0.3 is 5.97 Å². The van der Waals surface area contributed by atoms with Crippen LogP contribution in [-0.4, -0.2) is 26.8 Å².